The van der Waals surface area contributed by atoms with Gasteiger partial charge in [0.25, 0.3) is 0 Å². The molecule has 0 amide bonds. The predicted molar refractivity (Wildman–Crippen MR) is 69.7 cm³/mol. The number of hydrogen-bond acceptors (Lipinski definition) is 2. The first-order chi connectivity index (χ1) is 7.65. The second-order valence-corrected chi connectivity index (χ2v) is 6.07. The lowest BCUT2D eigenvalue weighted by Gasteiger charge is -2.29. The molecule has 1 aliphatic rings. The summed E-state index contributed by atoms with van der Waals surface area (Å²) in [4.78, 5) is 1.30. The van der Waals surface area contributed by atoms with Crippen molar-refractivity contribution in [3.8, 4) is 0 Å². The zero-order valence-corrected chi connectivity index (χ0v) is 10.8. The van der Waals surface area contributed by atoms with E-state index in [2.05, 4.69) is 37.4 Å². The summed E-state index contributed by atoms with van der Waals surface area (Å²) in [6.45, 7) is 4.42. The minimum Gasteiger partial charge on any atom is -0.392 e. The lowest BCUT2D eigenvalue weighted by atomic mass is 9.80. The van der Waals surface area contributed by atoms with Crippen LogP contribution in [-0.4, -0.2) is 11.2 Å². The Morgan fingerprint density at radius 3 is 3.00 bits per heavy atom. The van der Waals surface area contributed by atoms with Gasteiger partial charge in [-0.2, -0.15) is 0 Å². The van der Waals surface area contributed by atoms with Crippen LogP contribution < -0.4 is 0 Å². The fraction of sp³-hybridized carbons (Fsp3) is 0.571. The largest absolute Gasteiger partial charge is 0.392 e. The van der Waals surface area contributed by atoms with Gasteiger partial charge in [0.05, 0.1) is 6.10 Å². The molecule has 1 aromatic heterocycles. The Balaban J connectivity index is 1.95. The molecule has 1 N–H and O–H groups in total. The number of rotatable bonds is 3. The van der Waals surface area contributed by atoms with Crippen LogP contribution >= 0.6 is 11.3 Å². The second kappa shape index (κ2) is 5.15. The van der Waals surface area contributed by atoms with E-state index in [9.17, 15) is 5.11 Å². The Bertz CT molecular complexity index is 353. The Hall–Kier alpha value is -0.600. The first kappa shape index (κ1) is 11.9. The predicted octanol–water partition coefficient (Wildman–Crippen LogP) is 3.64. The summed E-state index contributed by atoms with van der Waals surface area (Å²) >= 11 is 1.74. The standard InChI is InChI=1S/C14H20OS/c1-10-6-11(2)8-12(7-10)14(15)9-13-4-3-5-16-13/h3-6,10,12,14-15H,7-9H2,1-2H3. The smallest absolute Gasteiger partial charge is 0.0619 e. The molecule has 1 nitrogen and oxygen atoms in total. The number of aliphatic hydroxyl groups is 1. The van der Waals surface area contributed by atoms with E-state index in [1.807, 2.05) is 0 Å². The van der Waals surface area contributed by atoms with Crippen molar-refractivity contribution in [3.05, 3.63) is 34.0 Å². The van der Waals surface area contributed by atoms with Gasteiger partial charge in [0.15, 0.2) is 0 Å². The monoisotopic (exact) mass is 236 g/mol. The number of aliphatic hydroxyl groups excluding tert-OH is 1. The summed E-state index contributed by atoms with van der Waals surface area (Å²) in [5.74, 6) is 1.07. The molecule has 1 aromatic rings. The van der Waals surface area contributed by atoms with E-state index in [0.29, 0.717) is 11.8 Å². The maximum atomic E-state index is 10.3. The maximum absolute atomic E-state index is 10.3. The van der Waals surface area contributed by atoms with E-state index in [1.54, 1.807) is 11.3 Å². The molecule has 0 saturated heterocycles. The highest BCUT2D eigenvalue weighted by Crippen LogP contribution is 2.31. The van der Waals surface area contributed by atoms with E-state index < -0.39 is 0 Å². The molecule has 0 spiro atoms. The zero-order valence-electron chi connectivity index (χ0n) is 10.0. The van der Waals surface area contributed by atoms with Crippen LogP contribution in [0.3, 0.4) is 0 Å². The molecule has 0 bridgehead atoms. The Morgan fingerprint density at radius 1 is 1.56 bits per heavy atom. The van der Waals surface area contributed by atoms with Crippen LogP contribution in [0, 0.1) is 11.8 Å². The highest BCUT2D eigenvalue weighted by molar-refractivity contribution is 7.09. The number of hydrogen-bond donors (Lipinski definition) is 1. The average Bonchev–Trinajstić information content (AvgIpc) is 2.68. The maximum Gasteiger partial charge on any atom is 0.0619 e. The van der Waals surface area contributed by atoms with E-state index >= 15 is 0 Å². The van der Waals surface area contributed by atoms with E-state index in [4.69, 9.17) is 0 Å². The van der Waals surface area contributed by atoms with Gasteiger partial charge in [-0.3, -0.25) is 0 Å². The van der Waals surface area contributed by atoms with E-state index in [-0.39, 0.29) is 6.10 Å². The quantitative estimate of drug-likeness (QED) is 0.794. The van der Waals surface area contributed by atoms with Crippen molar-refractivity contribution in [3.63, 3.8) is 0 Å². The third-order valence-corrected chi connectivity index (χ3v) is 4.26. The van der Waals surface area contributed by atoms with Gasteiger partial charge >= 0.3 is 0 Å². The molecule has 0 radical (unpaired) electrons. The van der Waals surface area contributed by atoms with Gasteiger partial charge in [-0.25, -0.2) is 0 Å². The Kier molecular flexibility index (Phi) is 3.82. The summed E-state index contributed by atoms with van der Waals surface area (Å²) in [6.07, 6.45) is 5.18. The lowest BCUT2D eigenvalue weighted by Crippen LogP contribution is -2.26. The topological polar surface area (TPSA) is 20.2 Å². The molecule has 2 heteroatoms. The fourth-order valence-electron chi connectivity index (χ4n) is 2.69. The lowest BCUT2D eigenvalue weighted by molar-refractivity contribution is 0.0939. The van der Waals surface area contributed by atoms with Crippen molar-refractivity contribution in [1.29, 1.82) is 0 Å². The molecule has 88 valence electrons. The van der Waals surface area contributed by atoms with Gasteiger partial charge in [-0.05, 0) is 43.0 Å². The van der Waals surface area contributed by atoms with Crippen molar-refractivity contribution in [2.24, 2.45) is 11.8 Å². The minimum absolute atomic E-state index is 0.176. The third-order valence-electron chi connectivity index (χ3n) is 3.36. The van der Waals surface area contributed by atoms with Crippen molar-refractivity contribution in [2.45, 2.75) is 39.2 Å². The van der Waals surface area contributed by atoms with Crippen molar-refractivity contribution < 1.29 is 5.11 Å². The second-order valence-electron chi connectivity index (χ2n) is 5.04. The summed E-state index contributed by atoms with van der Waals surface area (Å²) in [7, 11) is 0. The summed E-state index contributed by atoms with van der Waals surface area (Å²) in [5.41, 5.74) is 1.44. The van der Waals surface area contributed by atoms with Crippen LogP contribution in [0.5, 0.6) is 0 Å². The normalized spacial score (nSPS) is 27.6. The highest BCUT2D eigenvalue weighted by Gasteiger charge is 2.25. The van der Waals surface area contributed by atoms with Gasteiger partial charge in [0.2, 0.25) is 0 Å². The van der Waals surface area contributed by atoms with Crippen LogP contribution in [0.25, 0.3) is 0 Å². The number of allylic oxidation sites excluding steroid dienone is 2. The Morgan fingerprint density at radius 2 is 2.38 bits per heavy atom. The molecule has 3 atom stereocenters. The highest BCUT2D eigenvalue weighted by atomic mass is 32.1. The van der Waals surface area contributed by atoms with Gasteiger partial charge in [-0.15, -0.1) is 11.3 Å². The molecule has 1 aliphatic carbocycles. The van der Waals surface area contributed by atoms with Crippen molar-refractivity contribution in [2.75, 3.05) is 0 Å². The van der Waals surface area contributed by atoms with Crippen LogP contribution in [0.1, 0.15) is 31.6 Å². The van der Waals surface area contributed by atoms with Crippen LogP contribution in [-0.2, 0) is 6.42 Å². The molecule has 3 unspecified atom stereocenters. The average molecular weight is 236 g/mol. The van der Waals surface area contributed by atoms with Crippen molar-refractivity contribution in [1.82, 2.24) is 0 Å². The molecule has 16 heavy (non-hydrogen) atoms. The Labute approximate surface area is 102 Å². The molecule has 2 rings (SSSR count). The molecule has 0 aromatic carbocycles. The van der Waals surface area contributed by atoms with Crippen LogP contribution in [0.4, 0.5) is 0 Å². The zero-order chi connectivity index (χ0) is 11.5. The SMILES string of the molecule is CC1=CC(C)CC(C(O)Cc2cccs2)C1. The fourth-order valence-corrected chi connectivity index (χ4v) is 3.45. The molecule has 0 aliphatic heterocycles. The van der Waals surface area contributed by atoms with Gasteiger partial charge < -0.3 is 5.11 Å². The molecule has 0 saturated carbocycles. The minimum atomic E-state index is -0.176. The van der Waals surface area contributed by atoms with E-state index in [1.165, 1.54) is 10.5 Å². The van der Waals surface area contributed by atoms with Gasteiger partial charge in [0, 0.05) is 11.3 Å². The van der Waals surface area contributed by atoms with Crippen LogP contribution in [0.15, 0.2) is 29.2 Å². The van der Waals surface area contributed by atoms with Crippen molar-refractivity contribution >= 4 is 11.3 Å². The first-order valence-corrected chi connectivity index (χ1v) is 6.91. The van der Waals surface area contributed by atoms with Gasteiger partial charge in [0.1, 0.15) is 0 Å². The third kappa shape index (κ3) is 2.96. The first-order valence-electron chi connectivity index (χ1n) is 6.03. The van der Waals surface area contributed by atoms with Gasteiger partial charge in [-0.1, -0.05) is 24.6 Å². The summed E-state index contributed by atoms with van der Waals surface area (Å²) in [5, 5.41) is 12.3. The molecular formula is C14H20OS. The molecule has 0 fully saturated rings. The summed E-state index contributed by atoms with van der Waals surface area (Å²) in [6, 6.07) is 4.17. The van der Waals surface area contributed by atoms with Crippen LogP contribution in [0.2, 0.25) is 0 Å². The van der Waals surface area contributed by atoms with E-state index in [0.717, 1.165) is 19.3 Å². The number of thiophene rings is 1. The molecular weight excluding hydrogens is 216 g/mol. The summed E-state index contributed by atoms with van der Waals surface area (Å²) < 4.78 is 0. The molecule has 1 heterocycles.